The highest BCUT2D eigenvalue weighted by atomic mass is 32.1. The van der Waals surface area contributed by atoms with Crippen LogP contribution in [0.15, 0.2) is 12.1 Å². The van der Waals surface area contributed by atoms with E-state index < -0.39 is 0 Å². The van der Waals surface area contributed by atoms with Gasteiger partial charge in [-0.3, -0.25) is 4.79 Å². The lowest BCUT2D eigenvalue weighted by Gasteiger charge is -2.19. The van der Waals surface area contributed by atoms with Crippen molar-refractivity contribution in [2.75, 3.05) is 6.54 Å². The van der Waals surface area contributed by atoms with Crippen molar-refractivity contribution in [2.45, 2.75) is 52.6 Å². The average Bonchev–Trinajstić information content (AvgIpc) is 2.71. The number of hydrogen-bond acceptors (Lipinski definition) is 3. The summed E-state index contributed by atoms with van der Waals surface area (Å²) in [5.41, 5.74) is 0. The summed E-state index contributed by atoms with van der Waals surface area (Å²) in [4.78, 5) is 14.4. The molecule has 0 fully saturated rings. The maximum Gasteiger partial charge on any atom is 0.236 e. The van der Waals surface area contributed by atoms with Crippen LogP contribution in [-0.2, 0) is 11.2 Å². The van der Waals surface area contributed by atoms with Gasteiger partial charge < -0.3 is 10.6 Å². The fourth-order valence-electron chi connectivity index (χ4n) is 1.86. The molecule has 2 N–H and O–H groups in total. The second-order valence-corrected chi connectivity index (χ2v) is 6.17. The third-order valence-electron chi connectivity index (χ3n) is 2.78. The van der Waals surface area contributed by atoms with Gasteiger partial charge in [-0.05, 0) is 45.7 Å². The first-order valence-electron chi connectivity index (χ1n) is 6.62. The molecule has 1 aromatic heterocycles. The largest absolute Gasteiger partial charge is 0.355 e. The zero-order chi connectivity index (χ0) is 13.5. The number of amides is 1. The van der Waals surface area contributed by atoms with Crippen molar-refractivity contribution in [3.63, 3.8) is 0 Å². The molecule has 0 saturated heterocycles. The molecule has 18 heavy (non-hydrogen) atoms. The van der Waals surface area contributed by atoms with Gasteiger partial charge in [0.25, 0.3) is 0 Å². The fraction of sp³-hybridized carbons (Fsp3) is 0.643. The molecule has 0 aliphatic heterocycles. The number of rotatable bonds is 7. The normalized spacial score (nSPS) is 14.2. The van der Waals surface area contributed by atoms with E-state index in [2.05, 4.69) is 43.5 Å². The van der Waals surface area contributed by atoms with E-state index >= 15 is 0 Å². The van der Waals surface area contributed by atoms with Crippen LogP contribution in [0.5, 0.6) is 0 Å². The first-order chi connectivity index (χ1) is 8.52. The Morgan fingerprint density at radius 1 is 1.39 bits per heavy atom. The van der Waals surface area contributed by atoms with Gasteiger partial charge in [0.15, 0.2) is 0 Å². The molecule has 0 bridgehead atoms. The summed E-state index contributed by atoms with van der Waals surface area (Å²) in [6.07, 6.45) is 1.95. The second-order valence-electron chi connectivity index (χ2n) is 4.80. The minimum atomic E-state index is -0.132. The minimum absolute atomic E-state index is 0.0889. The molecule has 0 aliphatic rings. The number of carbonyl (C=O) groups is 1. The van der Waals surface area contributed by atoms with Crippen LogP contribution in [0.2, 0.25) is 0 Å². The molecule has 3 nitrogen and oxygen atoms in total. The number of hydrogen-bond donors (Lipinski definition) is 2. The van der Waals surface area contributed by atoms with Crippen LogP contribution >= 0.6 is 11.3 Å². The molecule has 2 atom stereocenters. The highest BCUT2D eigenvalue weighted by molar-refractivity contribution is 7.11. The van der Waals surface area contributed by atoms with Crippen molar-refractivity contribution in [2.24, 2.45) is 0 Å². The maximum atomic E-state index is 11.7. The average molecular weight is 268 g/mol. The van der Waals surface area contributed by atoms with Gasteiger partial charge in [0.05, 0.1) is 6.04 Å². The Bertz CT molecular complexity index is 376. The highest BCUT2D eigenvalue weighted by Gasteiger charge is 2.15. The summed E-state index contributed by atoms with van der Waals surface area (Å²) in [6, 6.07) is 4.49. The van der Waals surface area contributed by atoms with Crippen molar-refractivity contribution >= 4 is 17.2 Å². The first-order valence-corrected chi connectivity index (χ1v) is 7.43. The number of nitrogens with one attached hydrogen (secondary N) is 2. The van der Waals surface area contributed by atoms with Crippen LogP contribution < -0.4 is 10.6 Å². The number of carbonyl (C=O) groups excluding carboxylic acids is 1. The molecule has 0 aliphatic carbocycles. The van der Waals surface area contributed by atoms with E-state index in [0.29, 0.717) is 6.04 Å². The molecule has 1 rings (SSSR count). The van der Waals surface area contributed by atoms with Gasteiger partial charge in [-0.25, -0.2) is 0 Å². The van der Waals surface area contributed by atoms with Crippen LogP contribution in [0.1, 0.15) is 36.9 Å². The minimum Gasteiger partial charge on any atom is -0.355 e. The predicted molar refractivity (Wildman–Crippen MR) is 78.1 cm³/mol. The second kappa shape index (κ2) is 7.54. The standard InChI is InChI=1S/C14H24N2OS/c1-5-8-15-14(17)12(4)16-10(2)9-13-7-6-11(3)18-13/h6-7,10,12,16H,5,8-9H2,1-4H3,(H,15,17). The number of aryl methyl sites for hydroxylation is 1. The first kappa shape index (κ1) is 15.2. The molecule has 0 saturated carbocycles. The van der Waals surface area contributed by atoms with Crippen LogP contribution in [0, 0.1) is 6.92 Å². The van der Waals surface area contributed by atoms with Crippen LogP contribution in [0.4, 0.5) is 0 Å². The van der Waals surface area contributed by atoms with Crippen molar-refractivity contribution in [1.82, 2.24) is 10.6 Å². The molecule has 0 radical (unpaired) electrons. The molecule has 1 aromatic rings. The van der Waals surface area contributed by atoms with Crippen molar-refractivity contribution in [3.8, 4) is 0 Å². The van der Waals surface area contributed by atoms with Gasteiger partial charge in [0, 0.05) is 22.3 Å². The Morgan fingerprint density at radius 3 is 2.67 bits per heavy atom. The van der Waals surface area contributed by atoms with Gasteiger partial charge in [0.2, 0.25) is 5.91 Å². The summed E-state index contributed by atoms with van der Waals surface area (Å²) < 4.78 is 0. The van der Waals surface area contributed by atoms with Gasteiger partial charge in [-0.1, -0.05) is 6.92 Å². The monoisotopic (exact) mass is 268 g/mol. The topological polar surface area (TPSA) is 41.1 Å². The molecular formula is C14H24N2OS. The Balaban J connectivity index is 2.34. The molecule has 0 aromatic carbocycles. The summed E-state index contributed by atoms with van der Waals surface area (Å²) in [7, 11) is 0. The molecule has 1 amide bonds. The zero-order valence-corrected chi connectivity index (χ0v) is 12.6. The summed E-state index contributed by atoms with van der Waals surface area (Å²) in [5.74, 6) is 0.0889. The van der Waals surface area contributed by atoms with Crippen LogP contribution in [0.3, 0.4) is 0 Å². The third kappa shape index (κ3) is 5.19. The molecule has 2 unspecified atom stereocenters. The maximum absolute atomic E-state index is 11.7. The number of thiophene rings is 1. The SMILES string of the molecule is CCCNC(=O)C(C)NC(C)Cc1ccc(C)s1. The summed E-state index contributed by atoms with van der Waals surface area (Å²) in [5, 5.41) is 6.25. The summed E-state index contributed by atoms with van der Waals surface area (Å²) >= 11 is 1.82. The third-order valence-corrected chi connectivity index (χ3v) is 3.80. The molecule has 0 spiro atoms. The van der Waals surface area contributed by atoms with Crippen LogP contribution in [-0.4, -0.2) is 24.5 Å². The quantitative estimate of drug-likeness (QED) is 0.798. The molecular weight excluding hydrogens is 244 g/mol. The van der Waals surface area contributed by atoms with Gasteiger partial charge >= 0.3 is 0 Å². The Kier molecular flexibility index (Phi) is 6.36. The summed E-state index contributed by atoms with van der Waals surface area (Å²) in [6.45, 7) is 8.97. The lowest BCUT2D eigenvalue weighted by Crippen LogP contribution is -2.46. The van der Waals surface area contributed by atoms with Gasteiger partial charge in [0.1, 0.15) is 0 Å². The Labute approximate surface area is 114 Å². The van der Waals surface area contributed by atoms with E-state index in [-0.39, 0.29) is 11.9 Å². The predicted octanol–water partition coefficient (Wildman–Crippen LogP) is 2.49. The van der Waals surface area contributed by atoms with Crippen LogP contribution in [0.25, 0.3) is 0 Å². The smallest absolute Gasteiger partial charge is 0.236 e. The van der Waals surface area contributed by atoms with E-state index in [1.165, 1.54) is 9.75 Å². The highest BCUT2D eigenvalue weighted by Crippen LogP contribution is 2.16. The molecule has 102 valence electrons. The van der Waals surface area contributed by atoms with E-state index in [4.69, 9.17) is 0 Å². The van der Waals surface area contributed by atoms with Gasteiger partial charge in [-0.15, -0.1) is 11.3 Å². The van der Waals surface area contributed by atoms with Crippen molar-refractivity contribution in [1.29, 1.82) is 0 Å². The lowest BCUT2D eigenvalue weighted by molar-refractivity contribution is -0.122. The molecule has 4 heteroatoms. The van der Waals surface area contributed by atoms with Crippen molar-refractivity contribution in [3.05, 3.63) is 21.9 Å². The van der Waals surface area contributed by atoms with E-state index in [1.54, 1.807) is 0 Å². The Morgan fingerprint density at radius 2 is 2.11 bits per heavy atom. The van der Waals surface area contributed by atoms with E-state index in [1.807, 2.05) is 18.3 Å². The van der Waals surface area contributed by atoms with Crippen molar-refractivity contribution < 1.29 is 4.79 Å². The fourth-order valence-corrected chi connectivity index (χ4v) is 2.88. The van der Waals surface area contributed by atoms with E-state index in [0.717, 1.165) is 19.4 Å². The van der Waals surface area contributed by atoms with E-state index in [9.17, 15) is 4.79 Å². The lowest BCUT2D eigenvalue weighted by atomic mass is 10.1. The van der Waals surface area contributed by atoms with Gasteiger partial charge in [-0.2, -0.15) is 0 Å². The zero-order valence-electron chi connectivity index (χ0n) is 11.7. The Hall–Kier alpha value is -0.870. The molecule has 1 heterocycles.